The highest BCUT2D eigenvalue weighted by Crippen LogP contribution is 2.22. The second kappa shape index (κ2) is 6.06. The second-order valence-corrected chi connectivity index (χ2v) is 7.50. The number of fused-ring (bicyclic) bond motifs is 3. The Kier molecular flexibility index (Phi) is 3.84. The predicted molar refractivity (Wildman–Crippen MR) is 98.6 cm³/mol. The number of ether oxygens (including phenoxy) is 1. The van der Waals surface area contributed by atoms with Crippen molar-refractivity contribution < 1.29 is 9.53 Å². The van der Waals surface area contributed by atoms with E-state index in [9.17, 15) is 9.59 Å². The zero-order valence-corrected chi connectivity index (χ0v) is 15.3. The Labute approximate surface area is 152 Å². The number of rotatable bonds is 3. The minimum Gasteiger partial charge on any atom is -0.454 e. The fraction of sp³-hybridized carbons (Fsp3) is 0.222. The van der Waals surface area contributed by atoms with Gasteiger partial charge in [0.15, 0.2) is 12.4 Å². The van der Waals surface area contributed by atoms with Crippen molar-refractivity contribution in [3.8, 4) is 0 Å². The molecule has 0 saturated carbocycles. The molecule has 132 valence electrons. The van der Waals surface area contributed by atoms with E-state index in [1.807, 2.05) is 32.0 Å². The third kappa shape index (κ3) is 2.50. The molecule has 8 heteroatoms. The summed E-state index contributed by atoms with van der Waals surface area (Å²) in [6, 6.07) is 9.05. The van der Waals surface area contributed by atoms with Crippen molar-refractivity contribution in [1.82, 2.24) is 19.2 Å². The van der Waals surface area contributed by atoms with Crippen LogP contribution in [0.1, 0.15) is 25.9 Å². The highest BCUT2D eigenvalue weighted by molar-refractivity contribution is 7.12. The third-order valence-corrected chi connectivity index (χ3v) is 5.25. The maximum absolute atomic E-state index is 12.4. The summed E-state index contributed by atoms with van der Waals surface area (Å²) in [5.41, 5.74) is 1.11. The summed E-state index contributed by atoms with van der Waals surface area (Å²) in [4.78, 5) is 26.8. The normalized spacial score (nSPS) is 11.3. The Morgan fingerprint density at radius 1 is 1.23 bits per heavy atom. The Morgan fingerprint density at radius 2 is 2.00 bits per heavy atom. The monoisotopic (exact) mass is 368 g/mol. The van der Waals surface area contributed by atoms with Crippen molar-refractivity contribution >= 4 is 34.0 Å². The molecule has 3 aromatic heterocycles. The van der Waals surface area contributed by atoms with E-state index in [-0.39, 0.29) is 12.2 Å². The number of thiophene rings is 1. The van der Waals surface area contributed by atoms with E-state index in [2.05, 4.69) is 10.2 Å². The Hall–Kier alpha value is -3.00. The summed E-state index contributed by atoms with van der Waals surface area (Å²) in [7, 11) is 1.64. The van der Waals surface area contributed by atoms with Crippen LogP contribution in [0, 0.1) is 13.8 Å². The van der Waals surface area contributed by atoms with E-state index in [1.165, 1.54) is 4.57 Å². The number of aryl methyl sites for hydroxylation is 3. The van der Waals surface area contributed by atoms with Gasteiger partial charge in [-0.25, -0.2) is 4.79 Å². The van der Waals surface area contributed by atoms with Gasteiger partial charge in [-0.2, -0.15) is 0 Å². The molecule has 7 nitrogen and oxygen atoms in total. The highest BCUT2D eigenvalue weighted by atomic mass is 32.1. The first-order valence-corrected chi connectivity index (χ1v) is 8.85. The Balaban J connectivity index is 1.75. The molecule has 0 amide bonds. The fourth-order valence-electron chi connectivity index (χ4n) is 3.03. The number of carbonyl (C=O) groups excluding carboxylic acids is 1. The standard InChI is InChI=1S/C18H16N4O3S/c1-10-8-13(11(2)26-10)17(24)25-9-15-19-20-18-21(3)16(23)12-6-4-5-7-14(12)22(15)18/h4-8H,9H2,1-3H3. The zero-order chi connectivity index (χ0) is 18.4. The molecule has 0 bridgehead atoms. The largest absolute Gasteiger partial charge is 0.454 e. The summed E-state index contributed by atoms with van der Waals surface area (Å²) < 4.78 is 8.63. The summed E-state index contributed by atoms with van der Waals surface area (Å²) in [6.45, 7) is 3.81. The molecule has 0 spiro atoms. The minimum absolute atomic E-state index is 0.0312. The second-order valence-electron chi connectivity index (χ2n) is 6.04. The smallest absolute Gasteiger partial charge is 0.339 e. The van der Waals surface area contributed by atoms with Crippen molar-refractivity contribution in [2.45, 2.75) is 20.5 Å². The molecule has 0 aliphatic rings. The molecule has 26 heavy (non-hydrogen) atoms. The molecule has 0 atom stereocenters. The van der Waals surface area contributed by atoms with Crippen molar-refractivity contribution in [3.63, 3.8) is 0 Å². The molecule has 0 N–H and O–H groups in total. The molecule has 0 aliphatic heterocycles. The van der Waals surface area contributed by atoms with Crippen molar-refractivity contribution in [3.05, 3.63) is 61.8 Å². The van der Waals surface area contributed by atoms with E-state index in [0.29, 0.717) is 28.1 Å². The Bertz CT molecular complexity index is 1220. The molecule has 0 saturated heterocycles. The van der Waals surface area contributed by atoms with Crippen molar-refractivity contribution in [1.29, 1.82) is 0 Å². The van der Waals surface area contributed by atoms with Gasteiger partial charge in [0.25, 0.3) is 5.56 Å². The molecule has 0 fully saturated rings. The molecule has 4 aromatic rings. The van der Waals surface area contributed by atoms with Gasteiger partial charge in [0.1, 0.15) is 0 Å². The molecule has 0 unspecified atom stereocenters. The molecular weight excluding hydrogens is 352 g/mol. The van der Waals surface area contributed by atoms with E-state index in [4.69, 9.17) is 4.74 Å². The quantitative estimate of drug-likeness (QED) is 0.520. The van der Waals surface area contributed by atoms with E-state index in [1.54, 1.807) is 34.9 Å². The van der Waals surface area contributed by atoms with Crippen LogP contribution in [0.25, 0.3) is 16.7 Å². The van der Waals surface area contributed by atoms with Crippen LogP contribution in [0.5, 0.6) is 0 Å². The number of carbonyl (C=O) groups is 1. The number of aromatic nitrogens is 4. The summed E-state index contributed by atoms with van der Waals surface area (Å²) in [5.74, 6) is 0.477. The van der Waals surface area contributed by atoms with Gasteiger partial charge in [-0.1, -0.05) is 12.1 Å². The van der Waals surface area contributed by atoms with Crippen molar-refractivity contribution in [2.24, 2.45) is 7.05 Å². The van der Waals surface area contributed by atoms with Gasteiger partial charge in [-0.3, -0.25) is 13.8 Å². The van der Waals surface area contributed by atoms with Crippen LogP contribution in [0.2, 0.25) is 0 Å². The van der Waals surface area contributed by atoms with Crippen LogP contribution in [-0.4, -0.2) is 25.1 Å². The first-order chi connectivity index (χ1) is 12.5. The molecule has 0 radical (unpaired) electrons. The summed E-state index contributed by atoms with van der Waals surface area (Å²) in [6.07, 6.45) is 0. The van der Waals surface area contributed by atoms with Gasteiger partial charge in [-0.15, -0.1) is 21.5 Å². The minimum atomic E-state index is -0.391. The first kappa shape index (κ1) is 16.5. The Morgan fingerprint density at radius 3 is 2.73 bits per heavy atom. The molecule has 0 aliphatic carbocycles. The fourth-order valence-corrected chi connectivity index (χ4v) is 3.94. The van der Waals surface area contributed by atoms with Gasteiger partial charge >= 0.3 is 5.97 Å². The summed E-state index contributed by atoms with van der Waals surface area (Å²) in [5, 5.41) is 8.76. The van der Waals surface area contributed by atoms with E-state index >= 15 is 0 Å². The number of para-hydroxylation sites is 1. The third-order valence-electron chi connectivity index (χ3n) is 4.29. The van der Waals surface area contributed by atoms with Gasteiger partial charge in [-0.05, 0) is 32.0 Å². The number of hydrogen-bond donors (Lipinski definition) is 0. The average molecular weight is 368 g/mol. The first-order valence-electron chi connectivity index (χ1n) is 8.03. The number of nitrogens with zero attached hydrogens (tertiary/aromatic N) is 4. The molecule has 4 rings (SSSR count). The predicted octanol–water partition coefficient (Wildman–Crippen LogP) is 2.62. The van der Waals surface area contributed by atoms with Gasteiger partial charge < -0.3 is 4.74 Å². The van der Waals surface area contributed by atoms with Crippen LogP contribution in [0.3, 0.4) is 0 Å². The van der Waals surface area contributed by atoms with E-state index < -0.39 is 5.97 Å². The average Bonchev–Trinajstić information content (AvgIpc) is 3.20. The van der Waals surface area contributed by atoms with Gasteiger partial charge in [0.2, 0.25) is 5.78 Å². The molecule has 1 aromatic carbocycles. The maximum atomic E-state index is 12.4. The van der Waals surface area contributed by atoms with Crippen LogP contribution >= 0.6 is 11.3 Å². The lowest BCUT2D eigenvalue weighted by Gasteiger charge is -2.08. The lowest BCUT2D eigenvalue weighted by Crippen LogP contribution is -2.20. The highest BCUT2D eigenvalue weighted by Gasteiger charge is 2.18. The number of esters is 1. The van der Waals surface area contributed by atoms with E-state index in [0.717, 1.165) is 9.75 Å². The van der Waals surface area contributed by atoms with Crippen LogP contribution in [0.15, 0.2) is 35.1 Å². The topological polar surface area (TPSA) is 78.5 Å². The number of hydrogen-bond acceptors (Lipinski definition) is 6. The van der Waals surface area contributed by atoms with Crippen LogP contribution < -0.4 is 5.56 Å². The van der Waals surface area contributed by atoms with Gasteiger partial charge in [0.05, 0.1) is 16.5 Å². The number of benzene rings is 1. The maximum Gasteiger partial charge on any atom is 0.339 e. The molecular formula is C18H16N4O3S. The lowest BCUT2D eigenvalue weighted by molar-refractivity contribution is 0.0461. The summed E-state index contributed by atoms with van der Waals surface area (Å²) >= 11 is 1.56. The lowest BCUT2D eigenvalue weighted by atomic mass is 10.2. The zero-order valence-electron chi connectivity index (χ0n) is 14.5. The molecule has 3 heterocycles. The van der Waals surface area contributed by atoms with Crippen LogP contribution in [-0.2, 0) is 18.4 Å². The van der Waals surface area contributed by atoms with Crippen molar-refractivity contribution in [2.75, 3.05) is 0 Å². The van der Waals surface area contributed by atoms with Gasteiger partial charge in [0, 0.05) is 16.8 Å². The van der Waals surface area contributed by atoms with Crippen LogP contribution in [0.4, 0.5) is 0 Å². The SMILES string of the molecule is Cc1cc(C(=O)OCc2nnc3n(C)c(=O)c4ccccc4n23)c(C)s1.